The van der Waals surface area contributed by atoms with Gasteiger partial charge in [-0.05, 0) is 31.6 Å². The fraction of sp³-hybridized carbons (Fsp3) is 0.800. The van der Waals surface area contributed by atoms with Gasteiger partial charge in [-0.3, -0.25) is 0 Å². The zero-order valence-electron chi connectivity index (χ0n) is 11.9. The van der Waals surface area contributed by atoms with Gasteiger partial charge in [-0.2, -0.15) is 0 Å². The fourth-order valence-electron chi connectivity index (χ4n) is 3.05. The molecule has 1 aromatic rings. The first-order valence-corrected chi connectivity index (χ1v) is 7.42. The lowest BCUT2D eigenvalue weighted by molar-refractivity contribution is 0.351. The first kappa shape index (κ1) is 13.6. The van der Waals surface area contributed by atoms with Gasteiger partial charge >= 0.3 is 0 Å². The molecule has 0 spiro atoms. The van der Waals surface area contributed by atoms with Crippen LogP contribution in [-0.2, 0) is 13.0 Å². The first-order valence-electron chi connectivity index (χ1n) is 7.42. The van der Waals surface area contributed by atoms with E-state index in [1.165, 1.54) is 25.1 Å². The second kappa shape index (κ2) is 5.87. The number of imidazole rings is 1. The maximum Gasteiger partial charge on any atom is 0.110 e. The summed E-state index contributed by atoms with van der Waals surface area (Å²) in [4.78, 5) is 4.51. The monoisotopic (exact) mass is 249 g/mol. The molecule has 0 saturated heterocycles. The Morgan fingerprint density at radius 1 is 1.44 bits per heavy atom. The van der Waals surface area contributed by atoms with Gasteiger partial charge in [0.25, 0.3) is 0 Å². The van der Waals surface area contributed by atoms with Crippen molar-refractivity contribution in [3.8, 4) is 0 Å². The molecule has 3 nitrogen and oxygen atoms in total. The number of nitrogens with zero attached hydrogens (tertiary/aromatic N) is 2. The van der Waals surface area contributed by atoms with Crippen molar-refractivity contribution < 1.29 is 0 Å². The average Bonchev–Trinajstić information content (AvgIpc) is 2.67. The molecule has 1 fully saturated rings. The normalized spacial score (nSPS) is 29.2. The van der Waals surface area contributed by atoms with E-state index in [1.807, 2.05) is 6.20 Å². The van der Waals surface area contributed by atoms with Crippen LogP contribution in [0.2, 0.25) is 0 Å². The third-order valence-electron chi connectivity index (χ3n) is 4.28. The van der Waals surface area contributed by atoms with E-state index < -0.39 is 0 Å². The van der Waals surface area contributed by atoms with Crippen molar-refractivity contribution in [2.75, 3.05) is 0 Å². The van der Waals surface area contributed by atoms with Gasteiger partial charge in [0.1, 0.15) is 5.82 Å². The second-order valence-electron chi connectivity index (χ2n) is 6.11. The van der Waals surface area contributed by atoms with E-state index >= 15 is 0 Å². The van der Waals surface area contributed by atoms with E-state index in [0.29, 0.717) is 0 Å². The summed E-state index contributed by atoms with van der Waals surface area (Å²) in [6, 6.07) is 0. The van der Waals surface area contributed by atoms with Crippen LogP contribution in [0.25, 0.3) is 0 Å². The van der Waals surface area contributed by atoms with Crippen LogP contribution in [0.1, 0.15) is 58.2 Å². The van der Waals surface area contributed by atoms with Gasteiger partial charge in [-0.1, -0.05) is 26.7 Å². The Balaban J connectivity index is 2.04. The summed E-state index contributed by atoms with van der Waals surface area (Å²) < 4.78 is 2.27. The lowest BCUT2D eigenvalue weighted by Crippen LogP contribution is -2.42. The molecule has 2 N–H and O–H groups in total. The van der Waals surface area contributed by atoms with Gasteiger partial charge < -0.3 is 10.3 Å². The Bertz CT molecular complexity index is 372. The van der Waals surface area contributed by atoms with Gasteiger partial charge in [0.15, 0.2) is 0 Å². The smallest absolute Gasteiger partial charge is 0.110 e. The summed E-state index contributed by atoms with van der Waals surface area (Å²) >= 11 is 0. The van der Waals surface area contributed by atoms with Crippen LogP contribution in [0.5, 0.6) is 0 Å². The molecule has 0 bridgehead atoms. The number of hydrogen-bond donors (Lipinski definition) is 1. The molecule has 0 aromatic carbocycles. The van der Waals surface area contributed by atoms with Gasteiger partial charge in [-0.15, -0.1) is 0 Å². The van der Waals surface area contributed by atoms with Crippen LogP contribution in [0.15, 0.2) is 12.4 Å². The zero-order valence-corrected chi connectivity index (χ0v) is 11.9. The predicted molar refractivity (Wildman–Crippen MR) is 75.4 cm³/mol. The van der Waals surface area contributed by atoms with Crippen LogP contribution >= 0.6 is 0 Å². The van der Waals surface area contributed by atoms with Gasteiger partial charge in [0.05, 0.1) is 0 Å². The van der Waals surface area contributed by atoms with Gasteiger partial charge in [-0.25, -0.2) is 4.98 Å². The van der Waals surface area contributed by atoms with Crippen molar-refractivity contribution in [3.05, 3.63) is 18.2 Å². The molecule has 18 heavy (non-hydrogen) atoms. The number of nitrogens with two attached hydrogens (primary N) is 1. The molecule has 0 radical (unpaired) electrons. The van der Waals surface area contributed by atoms with Crippen molar-refractivity contribution in [1.82, 2.24) is 9.55 Å². The topological polar surface area (TPSA) is 43.8 Å². The van der Waals surface area contributed by atoms with Crippen LogP contribution in [0, 0.1) is 5.92 Å². The Morgan fingerprint density at radius 2 is 2.28 bits per heavy atom. The number of rotatable bonds is 4. The molecule has 1 aliphatic carbocycles. The molecule has 1 aliphatic rings. The first-order chi connectivity index (χ1) is 8.63. The molecule has 2 rings (SSSR count). The Hall–Kier alpha value is -0.830. The Kier molecular flexibility index (Phi) is 4.44. The predicted octanol–water partition coefficient (Wildman–Crippen LogP) is 3.13. The van der Waals surface area contributed by atoms with Crippen LogP contribution in [-0.4, -0.2) is 15.1 Å². The van der Waals surface area contributed by atoms with E-state index in [1.54, 1.807) is 0 Å². The fourth-order valence-corrected chi connectivity index (χ4v) is 3.05. The lowest BCUT2D eigenvalue weighted by atomic mass is 9.87. The molecular formula is C15H27N3. The summed E-state index contributed by atoms with van der Waals surface area (Å²) in [7, 11) is 0. The minimum Gasteiger partial charge on any atom is -0.335 e. The molecule has 0 amide bonds. The average molecular weight is 249 g/mol. The van der Waals surface area contributed by atoms with Crippen molar-refractivity contribution in [3.63, 3.8) is 0 Å². The SMILES string of the molecule is CCCn1ccnc1CC1(N)CCCC(C)CC1. The molecule has 1 saturated carbocycles. The van der Waals surface area contributed by atoms with Gasteiger partial charge in [0, 0.05) is 30.9 Å². The molecule has 102 valence electrons. The van der Waals surface area contributed by atoms with Crippen LogP contribution in [0.3, 0.4) is 0 Å². The number of aromatic nitrogens is 2. The maximum atomic E-state index is 6.62. The van der Waals surface area contributed by atoms with Crippen molar-refractivity contribution in [1.29, 1.82) is 0 Å². The Labute approximate surface area is 111 Å². The summed E-state index contributed by atoms with van der Waals surface area (Å²) in [6.07, 6.45) is 12.3. The molecule has 0 aliphatic heterocycles. The summed E-state index contributed by atoms with van der Waals surface area (Å²) in [5.74, 6) is 2.01. The zero-order chi connectivity index (χ0) is 13.0. The molecular weight excluding hydrogens is 222 g/mol. The van der Waals surface area contributed by atoms with Crippen LogP contribution in [0.4, 0.5) is 0 Å². The minimum atomic E-state index is -0.0262. The summed E-state index contributed by atoms with van der Waals surface area (Å²) in [6.45, 7) is 5.61. The number of hydrogen-bond acceptors (Lipinski definition) is 2. The largest absolute Gasteiger partial charge is 0.335 e. The summed E-state index contributed by atoms with van der Waals surface area (Å²) in [5, 5.41) is 0. The van der Waals surface area contributed by atoms with Crippen molar-refractivity contribution >= 4 is 0 Å². The molecule has 2 unspecified atom stereocenters. The van der Waals surface area contributed by atoms with Crippen LogP contribution < -0.4 is 5.73 Å². The Morgan fingerprint density at radius 3 is 3.06 bits per heavy atom. The highest BCUT2D eigenvalue weighted by molar-refractivity contribution is 5.01. The highest BCUT2D eigenvalue weighted by atomic mass is 15.1. The van der Waals surface area contributed by atoms with E-state index in [-0.39, 0.29) is 5.54 Å². The minimum absolute atomic E-state index is 0.0262. The molecule has 3 heteroatoms. The molecule has 1 aromatic heterocycles. The highest BCUT2D eigenvalue weighted by Gasteiger charge is 2.29. The van der Waals surface area contributed by atoms with E-state index in [0.717, 1.165) is 38.1 Å². The highest BCUT2D eigenvalue weighted by Crippen LogP contribution is 2.30. The molecule has 2 atom stereocenters. The molecule has 1 heterocycles. The van der Waals surface area contributed by atoms with E-state index in [2.05, 4.69) is 29.6 Å². The second-order valence-corrected chi connectivity index (χ2v) is 6.11. The van der Waals surface area contributed by atoms with Crippen molar-refractivity contribution in [2.45, 2.75) is 70.9 Å². The van der Waals surface area contributed by atoms with Crippen molar-refractivity contribution in [2.24, 2.45) is 11.7 Å². The third-order valence-corrected chi connectivity index (χ3v) is 4.28. The lowest BCUT2D eigenvalue weighted by Gasteiger charge is -2.28. The standard InChI is InChI=1S/C15H27N3/c1-3-10-18-11-9-17-14(18)12-15(16)7-4-5-13(2)6-8-15/h9,11,13H,3-8,10,12,16H2,1-2H3. The van der Waals surface area contributed by atoms with Gasteiger partial charge in [0.2, 0.25) is 0 Å². The maximum absolute atomic E-state index is 6.62. The third kappa shape index (κ3) is 3.35. The van der Waals surface area contributed by atoms with E-state index in [9.17, 15) is 0 Å². The van der Waals surface area contributed by atoms with E-state index in [4.69, 9.17) is 5.73 Å². The number of aryl methyl sites for hydroxylation is 1. The quantitative estimate of drug-likeness (QED) is 0.833. The summed E-state index contributed by atoms with van der Waals surface area (Å²) in [5.41, 5.74) is 6.60.